The number of rotatable bonds is 8. The number of aryl methyl sites for hydroxylation is 1. The van der Waals surface area contributed by atoms with Crippen molar-refractivity contribution >= 4 is 66.8 Å². The number of hydrogen-bond acceptors (Lipinski definition) is 3. The fourth-order valence-electron chi connectivity index (χ4n) is 11.2. The molecule has 12 aromatic rings. The summed E-state index contributed by atoms with van der Waals surface area (Å²) in [6.07, 6.45) is 0. The molecule has 0 unspecified atom stereocenters. The minimum absolute atomic E-state index is 0.738. The molecule has 0 fully saturated rings. The second-order valence-electron chi connectivity index (χ2n) is 18.1. The Hall–Kier alpha value is -8.92. The first-order chi connectivity index (χ1) is 34.1. The molecule has 0 saturated heterocycles. The summed E-state index contributed by atoms with van der Waals surface area (Å²) in [7, 11) is 0. The number of fused-ring (bicyclic) bond motifs is 6. The van der Waals surface area contributed by atoms with E-state index in [9.17, 15) is 0 Å². The van der Waals surface area contributed by atoms with Crippen molar-refractivity contribution in [2.24, 2.45) is 0 Å². The molecule has 0 amide bonds. The van der Waals surface area contributed by atoms with Gasteiger partial charge in [0.05, 0.1) is 22.5 Å². The van der Waals surface area contributed by atoms with E-state index in [1.54, 1.807) is 0 Å². The number of nitrogens with zero attached hydrogens (tertiary/aromatic N) is 2. The van der Waals surface area contributed by atoms with Crippen molar-refractivity contribution in [1.82, 2.24) is 0 Å². The molecule has 0 spiro atoms. The van der Waals surface area contributed by atoms with Crippen LogP contribution in [0.15, 0.2) is 265 Å². The van der Waals surface area contributed by atoms with Crippen molar-refractivity contribution in [1.29, 1.82) is 0 Å². The molecule has 3 heteroatoms. The maximum atomic E-state index is 6.97. The molecule has 69 heavy (non-hydrogen) atoms. The minimum atomic E-state index is -0.738. The van der Waals surface area contributed by atoms with Crippen molar-refractivity contribution in [3.8, 4) is 22.3 Å². The van der Waals surface area contributed by atoms with Gasteiger partial charge >= 0.3 is 0 Å². The van der Waals surface area contributed by atoms with Gasteiger partial charge in [-0.25, -0.2) is 0 Å². The molecule has 11 aromatic carbocycles. The summed E-state index contributed by atoms with van der Waals surface area (Å²) in [5.74, 6) is 0. The number of furan rings is 1. The first-order valence-electron chi connectivity index (χ1n) is 23.7. The Morgan fingerprint density at radius 2 is 0.957 bits per heavy atom. The predicted molar refractivity (Wildman–Crippen MR) is 288 cm³/mol. The van der Waals surface area contributed by atoms with E-state index in [0.29, 0.717) is 0 Å². The summed E-state index contributed by atoms with van der Waals surface area (Å²) in [6, 6.07) is 94.7. The maximum absolute atomic E-state index is 6.97. The van der Waals surface area contributed by atoms with Crippen molar-refractivity contribution in [2.75, 3.05) is 9.80 Å². The van der Waals surface area contributed by atoms with E-state index in [1.165, 1.54) is 44.2 Å². The van der Waals surface area contributed by atoms with Crippen LogP contribution in [0.4, 0.5) is 34.1 Å². The van der Waals surface area contributed by atoms with Gasteiger partial charge < -0.3 is 14.2 Å². The average molecular weight is 883 g/mol. The van der Waals surface area contributed by atoms with Crippen LogP contribution in [0.5, 0.6) is 0 Å². The van der Waals surface area contributed by atoms with Crippen LogP contribution >= 0.6 is 0 Å². The molecular weight excluding hydrogens is 837 g/mol. The highest BCUT2D eigenvalue weighted by atomic mass is 16.3. The van der Waals surface area contributed by atoms with E-state index >= 15 is 0 Å². The molecule has 2 heterocycles. The summed E-state index contributed by atoms with van der Waals surface area (Å²) in [6.45, 7) is 2.24. The van der Waals surface area contributed by atoms with Crippen LogP contribution in [0.3, 0.4) is 0 Å². The summed E-state index contributed by atoms with van der Waals surface area (Å²) >= 11 is 0. The van der Waals surface area contributed by atoms with Crippen molar-refractivity contribution < 1.29 is 4.42 Å². The number of para-hydroxylation sites is 5. The first-order valence-corrected chi connectivity index (χ1v) is 23.7. The Morgan fingerprint density at radius 3 is 1.68 bits per heavy atom. The smallest absolute Gasteiger partial charge is 0.140 e. The molecule has 0 radical (unpaired) electrons. The van der Waals surface area contributed by atoms with Gasteiger partial charge in [0.25, 0.3) is 0 Å². The molecular formula is C66H46N2O. The predicted octanol–water partition coefficient (Wildman–Crippen LogP) is 18.0. The molecule has 1 aliphatic heterocycles. The van der Waals surface area contributed by atoms with Crippen LogP contribution in [-0.4, -0.2) is 0 Å². The van der Waals surface area contributed by atoms with E-state index in [-0.39, 0.29) is 0 Å². The van der Waals surface area contributed by atoms with Gasteiger partial charge in [0.15, 0.2) is 0 Å². The largest absolute Gasteiger partial charge is 0.456 e. The van der Waals surface area contributed by atoms with Crippen molar-refractivity contribution in [3.63, 3.8) is 0 Å². The normalized spacial score (nSPS) is 12.8. The van der Waals surface area contributed by atoms with Gasteiger partial charge in [-0.1, -0.05) is 200 Å². The second kappa shape index (κ2) is 16.4. The Morgan fingerprint density at radius 1 is 0.406 bits per heavy atom. The standard InChI is InChI=1S/C66H46N2O/c1-45-44-50(38-43-54(45)48-18-4-2-5-19-48)66(60-29-17-26-57-56-25-10-15-33-64(56)69-65(57)60)58-27-11-13-30-62(58)68(63-31-14-12-28-59(63)66)53-41-36-47(37-42-53)46-34-39-52(40-35-46)67(51-22-6-3-7-23-51)61-32-16-21-49-20-8-9-24-55(49)61/h2-44H,1H3. The Balaban J connectivity index is 0.942. The van der Waals surface area contributed by atoms with Crippen LogP contribution in [0, 0.1) is 6.92 Å². The van der Waals surface area contributed by atoms with E-state index in [1.807, 2.05) is 0 Å². The Kier molecular flexibility index (Phi) is 9.62. The highest BCUT2D eigenvalue weighted by Crippen LogP contribution is 2.59. The summed E-state index contributed by atoms with van der Waals surface area (Å²) in [5.41, 5.74) is 18.4. The molecule has 326 valence electrons. The third-order valence-corrected chi connectivity index (χ3v) is 14.3. The van der Waals surface area contributed by atoms with Gasteiger partial charge in [0.2, 0.25) is 0 Å². The van der Waals surface area contributed by atoms with E-state index < -0.39 is 5.41 Å². The van der Waals surface area contributed by atoms with Crippen molar-refractivity contribution in [3.05, 3.63) is 289 Å². The molecule has 13 rings (SSSR count). The second-order valence-corrected chi connectivity index (χ2v) is 18.1. The molecule has 3 nitrogen and oxygen atoms in total. The highest BCUT2D eigenvalue weighted by Gasteiger charge is 2.48. The molecule has 0 aliphatic carbocycles. The molecule has 0 bridgehead atoms. The SMILES string of the molecule is Cc1cc(C2(c3cccc4c3oc3ccccc34)c3ccccc3N(c3ccc(-c4ccc(N(c5ccccc5)c5cccc6ccccc56)cc4)cc3)c3ccccc32)ccc1-c1ccccc1. The minimum Gasteiger partial charge on any atom is -0.456 e. The number of anilines is 6. The lowest BCUT2D eigenvalue weighted by atomic mass is 9.62. The third kappa shape index (κ3) is 6.50. The van der Waals surface area contributed by atoms with Gasteiger partial charge in [-0.3, -0.25) is 0 Å². The Bertz CT molecular complexity index is 3800. The summed E-state index contributed by atoms with van der Waals surface area (Å²) in [4.78, 5) is 4.80. The van der Waals surface area contributed by atoms with Crippen LogP contribution in [-0.2, 0) is 5.41 Å². The molecule has 0 saturated carbocycles. The fraction of sp³-hybridized carbons (Fsp3) is 0.0303. The van der Waals surface area contributed by atoms with Crippen LogP contribution in [0.25, 0.3) is 55.0 Å². The van der Waals surface area contributed by atoms with Gasteiger partial charge in [0.1, 0.15) is 11.2 Å². The number of benzene rings is 11. The van der Waals surface area contributed by atoms with Gasteiger partial charge in [-0.2, -0.15) is 0 Å². The van der Waals surface area contributed by atoms with E-state index in [0.717, 1.165) is 72.8 Å². The fourth-order valence-corrected chi connectivity index (χ4v) is 11.2. The van der Waals surface area contributed by atoms with E-state index in [4.69, 9.17) is 4.42 Å². The number of hydrogen-bond donors (Lipinski definition) is 0. The topological polar surface area (TPSA) is 19.6 Å². The van der Waals surface area contributed by atoms with Crippen LogP contribution in [0.1, 0.15) is 27.8 Å². The van der Waals surface area contributed by atoms with Gasteiger partial charge in [0, 0.05) is 38.8 Å². The summed E-state index contributed by atoms with van der Waals surface area (Å²) < 4.78 is 6.97. The zero-order valence-electron chi connectivity index (χ0n) is 38.1. The van der Waals surface area contributed by atoms with E-state index in [2.05, 4.69) is 278 Å². The molecule has 1 aromatic heterocycles. The summed E-state index contributed by atoms with van der Waals surface area (Å²) in [5, 5.41) is 4.66. The van der Waals surface area contributed by atoms with Crippen LogP contribution in [0.2, 0.25) is 0 Å². The lowest BCUT2D eigenvalue weighted by Crippen LogP contribution is -2.38. The zero-order valence-corrected chi connectivity index (χ0v) is 38.1. The monoisotopic (exact) mass is 882 g/mol. The molecule has 1 aliphatic rings. The lowest BCUT2D eigenvalue weighted by Gasteiger charge is -2.46. The quantitative estimate of drug-likeness (QED) is 0.152. The molecule has 0 atom stereocenters. The van der Waals surface area contributed by atoms with Crippen LogP contribution < -0.4 is 9.80 Å². The van der Waals surface area contributed by atoms with Crippen molar-refractivity contribution in [2.45, 2.75) is 12.3 Å². The maximum Gasteiger partial charge on any atom is 0.140 e. The Labute approximate surface area is 402 Å². The molecule has 0 N–H and O–H groups in total. The zero-order chi connectivity index (χ0) is 45.9. The van der Waals surface area contributed by atoms with Gasteiger partial charge in [-0.15, -0.1) is 0 Å². The van der Waals surface area contributed by atoms with Gasteiger partial charge in [-0.05, 0) is 117 Å². The third-order valence-electron chi connectivity index (χ3n) is 14.3. The first kappa shape index (κ1) is 40.4. The lowest BCUT2D eigenvalue weighted by molar-refractivity contribution is 0.643. The average Bonchev–Trinajstić information content (AvgIpc) is 3.80. The highest BCUT2D eigenvalue weighted by molar-refractivity contribution is 6.07.